The van der Waals surface area contributed by atoms with Gasteiger partial charge in [0, 0.05) is 23.5 Å². The first-order valence-corrected chi connectivity index (χ1v) is 7.16. The third kappa shape index (κ3) is 2.29. The number of anilines is 1. The average Bonchev–Trinajstić information content (AvgIpc) is 2.78. The third-order valence-corrected chi connectivity index (χ3v) is 4.15. The van der Waals surface area contributed by atoms with Crippen LogP contribution in [0.2, 0.25) is 0 Å². The molecule has 2 N–H and O–H groups in total. The normalized spacial score (nSPS) is 16.9. The number of nitrogens with one attached hydrogen (secondary N) is 2. The second-order valence-corrected chi connectivity index (χ2v) is 5.43. The molecule has 5 heteroatoms. The smallest absolute Gasteiger partial charge is 0.227 e. The molecule has 1 aliphatic heterocycles. The summed E-state index contributed by atoms with van der Waals surface area (Å²) in [5, 5.41) is 11.6. The zero-order valence-corrected chi connectivity index (χ0v) is 11.9. The summed E-state index contributed by atoms with van der Waals surface area (Å²) in [6, 6.07) is 5.93. The highest BCUT2D eigenvalue weighted by atomic mass is 16.1. The first-order chi connectivity index (χ1) is 9.69. The maximum absolute atomic E-state index is 12.2. The first kappa shape index (κ1) is 13.1. The Bertz CT molecular complexity index is 630. The molecule has 106 valence electrons. The number of hydrogen-bond donors (Lipinski definition) is 2. The second kappa shape index (κ2) is 5.25. The minimum atomic E-state index is 0.0445. The van der Waals surface area contributed by atoms with E-state index < -0.39 is 0 Å². The molecule has 0 radical (unpaired) electrons. The van der Waals surface area contributed by atoms with E-state index in [1.165, 1.54) is 0 Å². The van der Waals surface area contributed by atoms with E-state index in [0.717, 1.165) is 36.2 Å². The Hall–Kier alpha value is -1.88. The Balaban J connectivity index is 1.77. The third-order valence-electron chi connectivity index (χ3n) is 4.15. The van der Waals surface area contributed by atoms with Crippen molar-refractivity contribution >= 4 is 22.5 Å². The van der Waals surface area contributed by atoms with Gasteiger partial charge in [0.1, 0.15) is 0 Å². The van der Waals surface area contributed by atoms with Crippen molar-refractivity contribution in [3.63, 3.8) is 0 Å². The van der Waals surface area contributed by atoms with Gasteiger partial charge in [-0.05, 0) is 44.1 Å². The van der Waals surface area contributed by atoms with Gasteiger partial charge in [-0.2, -0.15) is 5.10 Å². The summed E-state index contributed by atoms with van der Waals surface area (Å²) in [7, 11) is 0. The quantitative estimate of drug-likeness (QED) is 0.893. The van der Waals surface area contributed by atoms with Crippen LogP contribution in [0.15, 0.2) is 24.4 Å². The molecule has 20 heavy (non-hydrogen) atoms. The molecule has 0 spiro atoms. The van der Waals surface area contributed by atoms with Crippen LogP contribution in [0.25, 0.3) is 10.9 Å². The molecule has 1 fully saturated rings. The average molecular weight is 272 g/mol. The van der Waals surface area contributed by atoms with Crippen LogP contribution in [0.3, 0.4) is 0 Å². The number of aromatic nitrogens is 2. The van der Waals surface area contributed by atoms with Gasteiger partial charge in [-0.3, -0.25) is 9.48 Å². The topological polar surface area (TPSA) is 59.0 Å². The summed E-state index contributed by atoms with van der Waals surface area (Å²) in [4.78, 5) is 12.2. The number of amides is 1. The molecule has 1 aromatic carbocycles. The maximum atomic E-state index is 12.2. The van der Waals surface area contributed by atoms with Gasteiger partial charge in [0.05, 0.1) is 11.7 Å². The second-order valence-electron chi connectivity index (χ2n) is 5.43. The fourth-order valence-corrected chi connectivity index (χ4v) is 2.53. The zero-order chi connectivity index (χ0) is 14.1. The van der Waals surface area contributed by atoms with Gasteiger partial charge < -0.3 is 10.6 Å². The van der Waals surface area contributed by atoms with Gasteiger partial charge in [-0.1, -0.05) is 6.92 Å². The van der Waals surface area contributed by atoms with E-state index in [9.17, 15) is 4.79 Å². The van der Waals surface area contributed by atoms with E-state index >= 15 is 0 Å². The van der Waals surface area contributed by atoms with Crippen molar-refractivity contribution in [2.24, 2.45) is 11.8 Å². The molecule has 0 bridgehead atoms. The number of carbonyl (C=O) groups excluding carboxylic acids is 1. The predicted molar refractivity (Wildman–Crippen MR) is 79.6 cm³/mol. The fraction of sp³-hybridized carbons (Fsp3) is 0.467. The van der Waals surface area contributed by atoms with Gasteiger partial charge in [-0.25, -0.2) is 0 Å². The minimum Gasteiger partial charge on any atom is -0.326 e. The van der Waals surface area contributed by atoms with Crippen LogP contribution in [-0.4, -0.2) is 28.8 Å². The highest BCUT2D eigenvalue weighted by Crippen LogP contribution is 2.21. The molecule has 1 saturated heterocycles. The lowest BCUT2D eigenvalue weighted by Crippen LogP contribution is -2.48. The van der Waals surface area contributed by atoms with Gasteiger partial charge in [-0.15, -0.1) is 0 Å². The van der Waals surface area contributed by atoms with E-state index in [-0.39, 0.29) is 11.8 Å². The molecule has 1 amide bonds. The summed E-state index contributed by atoms with van der Waals surface area (Å²) in [5.74, 6) is 0.598. The molecular weight excluding hydrogens is 252 g/mol. The summed E-state index contributed by atoms with van der Waals surface area (Å²) >= 11 is 0. The first-order valence-electron chi connectivity index (χ1n) is 7.16. The zero-order valence-electron chi connectivity index (χ0n) is 11.9. The Morgan fingerprint density at radius 3 is 3.00 bits per heavy atom. The molecule has 3 rings (SSSR count). The summed E-state index contributed by atoms with van der Waals surface area (Å²) < 4.78 is 1.93. The van der Waals surface area contributed by atoms with Gasteiger partial charge >= 0.3 is 0 Å². The van der Waals surface area contributed by atoms with Crippen molar-refractivity contribution in [1.82, 2.24) is 15.1 Å². The Labute approximate surface area is 118 Å². The van der Waals surface area contributed by atoms with Crippen molar-refractivity contribution in [2.45, 2.75) is 20.4 Å². The van der Waals surface area contributed by atoms with Crippen LogP contribution in [0, 0.1) is 11.8 Å². The number of carbonyl (C=O) groups is 1. The molecule has 1 aliphatic rings. The SMILES string of the molecule is CCn1ncc2ccc(NC(=O)C(C)C3CNC3)cc21. The lowest BCUT2D eigenvalue weighted by Gasteiger charge is -2.31. The standard InChI is InChI=1S/C15H20N4O/c1-3-19-14-6-13(5-4-11(14)9-17-19)18-15(20)10(2)12-7-16-8-12/h4-6,9-10,12,16H,3,7-8H2,1-2H3,(H,18,20). The molecule has 1 aromatic heterocycles. The highest BCUT2D eigenvalue weighted by molar-refractivity contribution is 5.95. The van der Waals surface area contributed by atoms with Crippen LogP contribution >= 0.6 is 0 Å². The lowest BCUT2D eigenvalue weighted by atomic mass is 9.88. The Morgan fingerprint density at radius 1 is 1.55 bits per heavy atom. The fourth-order valence-electron chi connectivity index (χ4n) is 2.53. The van der Waals surface area contributed by atoms with Crippen molar-refractivity contribution in [1.29, 1.82) is 0 Å². The molecule has 1 atom stereocenters. The van der Waals surface area contributed by atoms with Gasteiger partial charge in [0.15, 0.2) is 0 Å². The molecule has 1 unspecified atom stereocenters. The van der Waals surface area contributed by atoms with Crippen LogP contribution in [0.1, 0.15) is 13.8 Å². The van der Waals surface area contributed by atoms with Gasteiger partial charge in [0.2, 0.25) is 5.91 Å². The largest absolute Gasteiger partial charge is 0.326 e. The molecule has 0 saturated carbocycles. The number of fused-ring (bicyclic) bond motifs is 1. The number of benzene rings is 1. The number of rotatable bonds is 4. The summed E-state index contributed by atoms with van der Waals surface area (Å²) in [5.41, 5.74) is 1.90. The monoisotopic (exact) mass is 272 g/mol. The van der Waals surface area contributed by atoms with Gasteiger partial charge in [0.25, 0.3) is 0 Å². The number of nitrogens with zero attached hydrogens (tertiary/aromatic N) is 2. The summed E-state index contributed by atoms with van der Waals surface area (Å²) in [6.07, 6.45) is 1.85. The van der Waals surface area contributed by atoms with Crippen LogP contribution in [0.5, 0.6) is 0 Å². The highest BCUT2D eigenvalue weighted by Gasteiger charge is 2.28. The number of aryl methyl sites for hydroxylation is 1. The van der Waals surface area contributed by atoms with E-state index in [1.807, 2.05) is 36.0 Å². The summed E-state index contributed by atoms with van der Waals surface area (Å²) in [6.45, 7) is 6.76. The molecule has 5 nitrogen and oxygen atoms in total. The van der Waals surface area contributed by atoms with Crippen molar-refractivity contribution in [3.8, 4) is 0 Å². The van der Waals surface area contributed by atoms with Crippen LogP contribution < -0.4 is 10.6 Å². The Morgan fingerprint density at radius 2 is 2.35 bits per heavy atom. The molecule has 0 aliphatic carbocycles. The molecular formula is C15H20N4O. The predicted octanol–water partition coefficient (Wildman–Crippen LogP) is 1.85. The van der Waals surface area contributed by atoms with E-state index in [1.54, 1.807) is 0 Å². The molecule has 2 heterocycles. The molecule has 2 aromatic rings. The minimum absolute atomic E-state index is 0.0445. The maximum Gasteiger partial charge on any atom is 0.227 e. The number of hydrogen-bond acceptors (Lipinski definition) is 3. The van der Waals surface area contributed by atoms with Crippen LogP contribution in [0.4, 0.5) is 5.69 Å². The van der Waals surface area contributed by atoms with E-state index in [0.29, 0.717) is 5.92 Å². The van der Waals surface area contributed by atoms with Crippen molar-refractivity contribution in [3.05, 3.63) is 24.4 Å². The van der Waals surface area contributed by atoms with Crippen molar-refractivity contribution < 1.29 is 4.79 Å². The van der Waals surface area contributed by atoms with E-state index in [2.05, 4.69) is 22.7 Å². The lowest BCUT2D eigenvalue weighted by molar-refractivity contribution is -0.121. The Kier molecular flexibility index (Phi) is 3.44. The van der Waals surface area contributed by atoms with Crippen molar-refractivity contribution in [2.75, 3.05) is 18.4 Å². The van der Waals surface area contributed by atoms with Crippen LogP contribution in [-0.2, 0) is 11.3 Å². The van der Waals surface area contributed by atoms with E-state index in [4.69, 9.17) is 0 Å².